The average Bonchev–Trinajstić information content (AvgIpc) is 3.42. The Morgan fingerprint density at radius 1 is 1.03 bits per heavy atom. The highest BCUT2D eigenvalue weighted by Gasteiger charge is 2.24. The molecule has 0 saturated carbocycles. The first kappa shape index (κ1) is 20.6. The second-order valence-electron chi connectivity index (χ2n) is 7.29. The molecule has 1 amide bonds. The fourth-order valence-corrected chi connectivity index (χ4v) is 5.57. The number of hydrogen-bond donors (Lipinski definition) is 2. The Labute approximate surface area is 180 Å². The van der Waals surface area contributed by atoms with E-state index >= 15 is 0 Å². The number of likely N-dealkylation sites (tertiary alicyclic amines) is 1. The maximum atomic E-state index is 12.6. The van der Waals surface area contributed by atoms with Crippen molar-refractivity contribution in [2.75, 3.05) is 17.8 Å². The van der Waals surface area contributed by atoms with Crippen LogP contribution >= 0.6 is 11.3 Å². The molecular formula is C22H23N3O3S2. The predicted molar refractivity (Wildman–Crippen MR) is 119 cm³/mol. The maximum Gasteiger partial charge on any atom is 0.271 e. The molecule has 0 radical (unpaired) electrons. The summed E-state index contributed by atoms with van der Waals surface area (Å²) in [6.45, 7) is 2.65. The largest absolute Gasteiger partial charge is 0.348 e. The van der Waals surface area contributed by atoms with Crippen molar-refractivity contribution < 1.29 is 13.2 Å². The van der Waals surface area contributed by atoms with E-state index < -0.39 is 10.0 Å². The first-order valence-electron chi connectivity index (χ1n) is 9.73. The van der Waals surface area contributed by atoms with Crippen LogP contribution in [0.2, 0.25) is 0 Å². The van der Waals surface area contributed by atoms with Crippen molar-refractivity contribution in [1.82, 2.24) is 10.2 Å². The molecule has 1 aromatic heterocycles. The maximum absolute atomic E-state index is 12.6. The third-order valence-electron chi connectivity index (χ3n) is 5.02. The van der Waals surface area contributed by atoms with Crippen LogP contribution in [0, 0.1) is 0 Å². The zero-order valence-electron chi connectivity index (χ0n) is 16.3. The molecule has 30 heavy (non-hydrogen) atoms. The lowest BCUT2D eigenvalue weighted by molar-refractivity contribution is 0.0937. The van der Waals surface area contributed by atoms with Gasteiger partial charge in [0.1, 0.15) is 4.21 Å². The van der Waals surface area contributed by atoms with Crippen LogP contribution < -0.4 is 10.0 Å². The quantitative estimate of drug-likeness (QED) is 0.588. The lowest BCUT2D eigenvalue weighted by Crippen LogP contribution is -2.36. The van der Waals surface area contributed by atoms with Gasteiger partial charge in [-0.15, -0.1) is 11.3 Å². The minimum Gasteiger partial charge on any atom is -0.348 e. The Kier molecular flexibility index (Phi) is 6.17. The molecule has 1 atom stereocenters. The number of nitrogens with zero attached hydrogens (tertiary/aromatic N) is 1. The predicted octanol–water partition coefficient (Wildman–Crippen LogP) is 3.55. The monoisotopic (exact) mass is 441 g/mol. The molecule has 1 aliphatic rings. The summed E-state index contributed by atoms with van der Waals surface area (Å²) in [5.74, 6) is -0.144. The Bertz CT molecular complexity index is 1080. The van der Waals surface area contributed by atoms with Gasteiger partial charge >= 0.3 is 0 Å². The van der Waals surface area contributed by atoms with Gasteiger partial charge in [-0.25, -0.2) is 8.42 Å². The van der Waals surface area contributed by atoms with Crippen molar-refractivity contribution >= 4 is 33.0 Å². The second kappa shape index (κ2) is 8.99. The van der Waals surface area contributed by atoms with E-state index in [1.165, 1.54) is 5.56 Å². The van der Waals surface area contributed by atoms with Crippen molar-refractivity contribution in [1.29, 1.82) is 0 Å². The summed E-state index contributed by atoms with van der Waals surface area (Å²) in [5, 5.41) is 4.80. The van der Waals surface area contributed by atoms with Crippen LogP contribution in [0.1, 0.15) is 22.3 Å². The first-order chi connectivity index (χ1) is 14.5. The summed E-state index contributed by atoms with van der Waals surface area (Å²) in [6.07, 6.45) is 0.914. The lowest BCUT2D eigenvalue weighted by atomic mass is 10.1. The Morgan fingerprint density at radius 3 is 2.50 bits per heavy atom. The van der Waals surface area contributed by atoms with Gasteiger partial charge in [0.2, 0.25) is 0 Å². The molecule has 2 aromatic carbocycles. The standard InChI is InChI=1S/C22H23N3O3S2/c26-22(23-20-12-13-25(16-20)15-17-5-2-1-3-6-17)18-8-10-19(11-9-18)24-30(27,28)21-7-4-14-29-21/h1-11,14,20,24H,12-13,15-16H2,(H,23,26). The van der Waals surface area contributed by atoms with E-state index in [1.54, 1.807) is 41.8 Å². The number of rotatable bonds is 7. The fraction of sp³-hybridized carbons (Fsp3) is 0.227. The van der Waals surface area contributed by atoms with Crippen molar-refractivity contribution in [2.24, 2.45) is 0 Å². The van der Waals surface area contributed by atoms with E-state index in [0.29, 0.717) is 11.3 Å². The summed E-state index contributed by atoms with van der Waals surface area (Å²) in [4.78, 5) is 14.9. The van der Waals surface area contributed by atoms with E-state index in [1.807, 2.05) is 18.2 Å². The minimum atomic E-state index is -3.59. The SMILES string of the molecule is O=C(NC1CCN(Cc2ccccc2)C1)c1ccc(NS(=O)(=O)c2cccs2)cc1. The molecule has 0 aliphatic carbocycles. The topological polar surface area (TPSA) is 78.5 Å². The molecule has 2 N–H and O–H groups in total. The van der Waals surface area contributed by atoms with Crippen LogP contribution in [-0.4, -0.2) is 38.4 Å². The number of nitrogens with one attached hydrogen (secondary N) is 2. The fourth-order valence-electron chi connectivity index (χ4n) is 3.52. The van der Waals surface area contributed by atoms with Crippen molar-refractivity contribution in [2.45, 2.75) is 23.2 Å². The lowest BCUT2D eigenvalue weighted by Gasteiger charge is -2.17. The number of carbonyl (C=O) groups excluding carboxylic acids is 1. The average molecular weight is 442 g/mol. The zero-order chi connectivity index (χ0) is 21.0. The van der Waals surface area contributed by atoms with Gasteiger partial charge in [0.15, 0.2) is 0 Å². The first-order valence-corrected chi connectivity index (χ1v) is 12.1. The summed E-state index contributed by atoms with van der Waals surface area (Å²) in [6, 6.07) is 20.1. The number of carbonyl (C=O) groups is 1. The van der Waals surface area contributed by atoms with Crippen LogP contribution in [0.3, 0.4) is 0 Å². The highest BCUT2D eigenvalue weighted by Crippen LogP contribution is 2.21. The minimum absolute atomic E-state index is 0.109. The molecule has 156 valence electrons. The normalized spacial score (nSPS) is 17.0. The van der Waals surface area contributed by atoms with Gasteiger partial charge in [0.05, 0.1) is 0 Å². The Morgan fingerprint density at radius 2 is 1.80 bits per heavy atom. The zero-order valence-corrected chi connectivity index (χ0v) is 18.0. The van der Waals surface area contributed by atoms with E-state index in [4.69, 9.17) is 0 Å². The van der Waals surface area contributed by atoms with E-state index in [-0.39, 0.29) is 16.2 Å². The van der Waals surface area contributed by atoms with Crippen molar-refractivity contribution in [3.05, 3.63) is 83.2 Å². The molecule has 1 saturated heterocycles. The number of benzene rings is 2. The molecule has 6 nitrogen and oxygen atoms in total. The molecule has 0 bridgehead atoms. The summed E-state index contributed by atoms with van der Waals surface area (Å²) in [5.41, 5.74) is 2.20. The van der Waals surface area contributed by atoms with Crippen molar-refractivity contribution in [3.63, 3.8) is 0 Å². The van der Waals surface area contributed by atoms with E-state index in [0.717, 1.165) is 37.4 Å². The van der Waals surface area contributed by atoms with E-state index in [2.05, 4.69) is 27.1 Å². The van der Waals surface area contributed by atoms with Gasteiger partial charge in [-0.1, -0.05) is 36.4 Å². The smallest absolute Gasteiger partial charge is 0.271 e. The molecule has 1 unspecified atom stereocenters. The summed E-state index contributed by atoms with van der Waals surface area (Å²) >= 11 is 1.16. The molecule has 8 heteroatoms. The van der Waals surface area contributed by atoms with Crippen molar-refractivity contribution in [3.8, 4) is 0 Å². The van der Waals surface area contributed by atoms with Gasteiger partial charge in [-0.3, -0.25) is 14.4 Å². The molecule has 2 heterocycles. The summed E-state index contributed by atoms with van der Waals surface area (Å²) < 4.78 is 27.4. The molecule has 3 aromatic rings. The van der Waals surface area contributed by atoms with Crippen LogP contribution in [0.15, 0.2) is 76.3 Å². The third-order valence-corrected chi connectivity index (χ3v) is 7.79. The van der Waals surface area contributed by atoms with Crippen LogP contribution in [-0.2, 0) is 16.6 Å². The van der Waals surface area contributed by atoms with Gasteiger partial charge in [-0.2, -0.15) is 0 Å². The van der Waals surface area contributed by atoms with Gasteiger partial charge in [0, 0.05) is 36.9 Å². The number of thiophene rings is 1. The van der Waals surface area contributed by atoms with E-state index in [9.17, 15) is 13.2 Å². The van der Waals surface area contributed by atoms with Gasteiger partial charge in [0.25, 0.3) is 15.9 Å². The van der Waals surface area contributed by atoms with Gasteiger partial charge < -0.3 is 5.32 Å². The van der Waals surface area contributed by atoms with Crippen LogP contribution in [0.5, 0.6) is 0 Å². The molecular weight excluding hydrogens is 418 g/mol. The van der Waals surface area contributed by atoms with Crippen LogP contribution in [0.4, 0.5) is 5.69 Å². The van der Waals surface area contributed by atoms with Crippen LogP contribution in [0.25, 0.3) is 0 Å². The molecule has 1 fully saturated rings. The Hall–Kier alpha value is -2.68. The number of anilines is 1. The summed E-state index contributed by atoms with van der Waals surface area (Å²) in [7, 11) is -3.59. The number of hydrogen-bond acceptors (Lipinski definition) is 5. The molecule has 1 aliphatic heterocycles. The molecule has 0 spiro atoms. The second-order valence-corrected chi connectivity index (χ2v) is 10.2. The van der Waals surface area contributed by atoms with Gasteiger partial charge in [-0.05, 0) is 47.7 Å². The third kappa shape index (κ3) is 5.08. The number of sulfonamides is 1. The number of amides is 1. The Balaban J connectivity index is 1.31. The molecule has 4 rings (SSSR count). The highest BCUT2D eigenvalue weighted by molar-refractivity contribution is 7.94. The highest BCUT2D eigenvalue weighted by atomic mass is 32.2.